The highest BCUT2D eigenvalue weighted by atomic mass is 15.1. The van der Waals surface area contributed by atoms with Gasteiger partial charge in [-0.3, -0.25) is 0 Å². The van der Waals surface area contributed by atoms with Crippen molar-refractivity contribution in [3.05, 3.63) is 35.9 Å². The summed E-state index contributed by atoms with van der Waals surface area (Å²) in [5, 5.41) is 0. The van der Waals surface area contributed by atoms with Gasteiger partial charge in [-0.05, 0) is 44.8 Å². The number of rotatable bonds is 7. The summed E-state index contributed by atoms with van der Waals surface area (Å²) in [6, 6.07) is 11.5. The molecule has 1 aromatic carbocycles. The van der Waals surface area contributed by atoms with E-state index in [-0.39, 0.29) is 0 Å². The Balaban J connectivity index is 2.51. The maximum Gasteiger partial charge on any atom is 0.0107 e. The lowest BCUT2D eigenvalue weighted by Gasteiger charge is -2.28. The molecule has 0 heterocycles. The van der Waals surface area contributed by atoms with Gasteiger partial charge in [0, 0.05) is 6.04 Å². The molecule has 0 bridgehead atoms. The lowest BCUT2D eigenvalue weighted by molar-refractivity contribution is 0.208. The molecule has 1 nitrogen and oxygen atoms in total. The Hall–Kier alpha value is -0.820. The molecule has 0 aliphatic heterocycles. The molecule has 0 spiro atoms. The van der Waals surface area contributed by atoms with Crippen LogP contribution in [0.1, 0.15) is 39.2 Å². The van der Waals surface area contributed by atoms with Crippen molar-refractivity contribution in [2.24, 2.45) is 0 Å². The number of hydrogen-bond acceptors (Lipinski definition) is 1. The van der Waals surface area contributed by atoms with Crippen molar-refractivity contribution in [2.75, 3.05) is 13.1 Å². The molecule has 0 aliphatic carbocycles. The van der Waals surface area contributed by atoms with Crippen molar-refractivity contribution >= 4 is 0 Å². The van der Waals surface area contributed by atoms with Crippen molar-refractivity contribution < 1.29 is 0 Å². The zero-order chi connectivity index (χ0) is 11.8. The molecule has 0 saturated carbocycles. The van der Waals surface area contributed by atoms with Crippen molar-refractivity contribution in [2.45, 2.75) is 46.1 Å². The van der Waals surface area contributed by atoms with Gasteiger partial charge in [0.25, 0.3) is 0 Å². The van der Waals surface area contributed by atoms with E-state index in [1.165, 1.54) is 37.9 Å². The molecule has 0 radical (unpaired) electrons. The Morgan fingerprint density at radius 3 is 2.06 bits per heavy atom. The molecule has 16 heavy (non-hydrogen) atoms. The fourth-order valence-electron chi connectivity index (χ4n) is 2.21. The Labute approximate surface area is 100 Å². The minimum atomic E-state index is 0.655. The van der Waals surface area contributed by atoms with Crippen molar-refractivity contribution in [1.29, 1.82) is 0 Å². The standard InChI is InChI=1S/C15H25N/c1-4-11-16(12-5-2)14(3)13-15-9-7-6-8-10-15/h6-10,14H,4-5,11-13H2,1-3H3. The smallest absolute Gasteiger partial charge is 0.0107 e. The minimum Gasteiger partial charge on any atom is -0.300 e. The van der Waals surface area contributed by atoms with Crippen molar-refractivity contribution in [1.82, 2.24) is 4.90 Å². The second kappa shape index (κ2) is 7.45. The predicted octanol–water partition coefficient (Wildman–Crippen LogP) is 3.74. The fourth-order valence-corrected chi connectivity index (χ4v) is 2.21. The number of nitrogens with zero attached hydrogens (tertiary/aromatic N) is 1. The summed E-state index contributed by atoms with van der Waals surface area (Å²) < 4.78 is 0. The van der Waals surface area contributed by atoms with Gasteiger partial charge in [0.2, 0.25) is 0 Å². The van der Waals surface area contributed by atoms with Crippen LogP contribution in [0.15, 0.2) is 30.3 Å². The third-order valence-electron chi connectivity index (χ3n) is 3.02. The third-order valence-corrected chi connectivity index (χ3v) is 3.02. The first-order valence-electron chi connectivity index (χ1n) is 6.55. The van der Waals surface area contributed by atoms with Crippen LogP contribution in [0.5, 0.6) is 0 Å². The average Bonchev–Trinajstić information content (AvgIpc) is 2.30. The second-order valence-electron chi connectivity index (χ2n) is 4.57. The second-order valence-corrected chi connectivity index (χ2v) is 4.57. The minimum absolute atomic E-state index is 0.655. The molecule has 1 heteroatoms. The molecule has 1 aromatic rings. The molecular weight excluding hydrogens is 194 g/mol. The molecule has 0 aliphatic rings. The lowest BCUT2D eigenvalue weighted by atomic mass is 10.1. The van der Waals surface area contributed by atoms with E-state index < -0.39 is 0 Å². The van der Waals surface area contributed by atoms with Crippen LogP contribution < -0.4 is 0 Å². The molecule has 1 atom stereocenters. The van der Waals surface area contributed by atoms with E-state index in [0.717, 1.165) is 0 Å². The van der Waals surface area contributed by atoms with Crippen LogP contribution in [-0.4, -0.2) is 24.0 Å². The van der Waals surface area contributed by atoms with Gasteiger partial charge in [-0.1, -0.05) is 44.2 Å². The Morgan fingerprint density at radius 2 is 1.56 bits per heavy atom. The summed E-state index contributed by atoms with van der Waals surface area (Å²) in [6.45, 7) is 9.32. The van der Waals surface area contributed by atoms with Crippen LogP contribution in [0, 0.1) is 0 Å². The van der Waals surface area contributed by atoms with Gasteiger partial charge in [0.15, 0.2) is 0 Å². The van der Waals surface area contributed by atoms with Gasteiger partial charge in [0.1, 0.15) is 0 Å². The Morgan fingerprint density at radius 1 is 1.00 bits per heavy atom. The predicted molar refractivity (Wildman–Crippen MR) is 71.8 cm³/mol. The zero-order valence-electron chi connectivity index (χ0n) is 10.9. The normalized spacial score (nSPS) is 13.0. The van der Waals surface area contributed by atoms with E-state index in [1.54, 1.807) is 0 Å². The monoisotopic (exact) mass is 219 g/mol. The summed E-state index contributed by atoms with van der Waals surface area (Å²) in [4.78, 5) is 2.60. The fraction of sp³-hybridized carbons (Fsp3) is 0.600. The molecule has 1 rings (SSSR count). The number of hydrogen-bond donors (Lipinski definition) is 0. The first-order valence-corrected chi connectivity index (χ1v) is 6.55. The van der Waals surface area contributed by atoms with Gasteiger partial charge in [-0.25, -0.2) is 0 Å². The first-order chi connectivity index (χ1) is 7.77. The largest absolute Gasteiger partial charge is 0.300 e. The Kier molecular flexibility index (Phi) is 6.17. The highest BCUT2D eigenvalue weighted by molar-refractivity contribution is 5.15. The van der Waals surface area contributed by atoms with Gasteiger partial charge < -0.3 is 4.90 Å². The van der Waals surface area contributed by atoms with Gasteiger partial charge in [0.05, 0.1) is 0 Å². The van der Waals surface area contributed by atoms with Crippen LogP contribution in [0.3, 0.4) is 0 Å². The molecule has 1 unspecified atom stereocenters. The molecule has 0 saturated heterocycles. The van der Waals surface area contributed by atoms with E-state index in [2.05, 4.69) is 56.0 Å². The first kappa shape index (κ1) is 13.2. The quantitative estimate of drug-likeness (QED) is 0.675. The van der Waals surface area contributed by atoms with Crippen molar-refractivity contribution in [3.63, 3.8) is 0 Å². The Bertz CT molecular complexity index is 262. The molecular formula is C15H25N. The number of benzene rings is 1. The van der Waals surface area contributed by atoms with E-state index in [1.807, 2.05) is 0 Å². The van der Waals surface area contributed by atoms with Gasteiger partial charge in [-0.2, -0.15) is 0 Å². The van der Waals surface area contributed by atoms with Crippen LogP contribution >= 0.6 is 0 Å². The topological polar surface area (TPSA) is 3.24 Å². The summed E-state index contributed by atoms with van der Waals surface area (Å²) >= 11 is 0. The molecule has 0 amide bonds. The maximum atomic E-state index is 2.60. The summed E-state index contributed by atoms with van der Waals surface area (Å²) in [7, 11) is 0. The lowest BCUT2D eigenvalue weighted by Crippen LogP contribution is -2.35. The highest BCUT2D eigenvalue weighted by Crippen LogP contribution is 2.09. The molecule has 90 valence electrons. The average molecular weight is 219 g/mol. The van der Waals surface area contributed by atoms with E-state index in [4.69, 9.17) is 0 Å². The van der Waals surface area contributed by atoms with E-state index >= 15 is 0 Å². The van der Waals surface area contributed by atoms with Gasteiger partial charge >= 0.3 is 0 Å². The third kappa shape index (κ3) is 4.36. The highest BCUT2D eigenvalue weighted by Gasteiger charge is 2.12. The maximum absolute atomic E-state index is 2.60. The SMILES string of the molecule is CCCN(CCC)C(C)Cc1ccccc1. The molecule has 0 aromatic heterocycles. The van der Waals surface area contributed by atoms with E-state index in [9.17, 15) is 0 Å². The van der Waals surface area contributed by atoms with Crippen LogP contribution in [-0.2, 0) is 6.42 Å². The molecule has 0 fully saturated rings. The van der Waals surface area contributed by atoms with Crippen LogP contribution in [0.4, 0.5) is 0 Å². The van der Waals surface area contributed by atoms with Gasteiger partial charge in [-0.15, -0.1) is 0 Å². The summed E-state index contributed by atoms with van der Waals surface area (Å²) in [6.07, 6.45) is 3.67. The zero-order valence-corrected chi connectivity index (χ0v) is 10.9. The van der Waals surface area contributed by atoms with E-state index in [0.29, 0.717) is 6.04 Å². The summed E-state index contributed by atoms with van der Waals surface area (Å²) in [5.74, 6) is 0. The summed E-state index contributed by atoms with van der Waals surface area (Å²) in [5.41, 5.74) is 1.45. The van der Waals surface area contributed by atoms with Crippen LogP contribution in [0.2, 0.25) is 0 Å². The molecule has 0 N–H and O–H groups in total. The van der Waals surface area contributed by atoms with Crippen molar-refractivity contribution in [3.8, 4) is 0 Å². The van der Waals surface area contributed by atoms with Crippen LogP contribution in [0.25, 0.3) is 0 Å².